The van der Waals surface area contributed by atoms with Crippen molar-refractivity contribution in [2.24, 2.45) is 5.92 Å². The summed E-state index contributed by atoms with van der Waals surface area (Å²) >= 11 is 0. The van der Waals surface area contributed by atoms with Crippen LogP contribution in [0.1, 0.15) is 35.7 Å². The summed E-state index contributed by atoms with van der Waals surface area (Å²) in [7, 11) is -3.22. The minimum absolute atomic E-state index is 0.103. The molecule has 0 bridgehead atoms. The largest absolute Gasteiger partial charge is 0.391 e. The number of nitrogens with zero attached hydrogens (tertiary/aromatic N) is 2. The number of aliphatic hydroxyl groups is 1. The van der Waals surface area contributed by atoms with Crippen molar-refractivity contribution in [3.8, 4) is 0 Å². The number of aliphatic hydroxyl groups excluding tert-OH is 1. The summed E-state index contributed by atoms with van der Waals surface area (Å²) in [5.74, 6) is 0.344. The molecule has 132 valence electrons. The van der Waals surface area contributed by atoms with Gasteiger partial charge in [-0.2, -0.15) is 0 Å². The van der Waals surface area contributed by atoms with E-state index in [2.05, 4.69) is 0 Å². The Bertz CT molecular complexity index is 737. The van der Waals surface area contributed by atoms with Crippen molar-refractivity contribution < 1.29 is 18.3 Å². The average molecular weight is 352 g/mol. The predicted molar refractivity (Wildman–Crippen MR) is 92.6 cm³/mol. The van der Waals surface area contributed by atoms with Gasteiger partial charge in [0.25, 0.3) is 5.91 Å². The van der Waals surface area contributed by atoms with Gasteiger partial charge in [0.05, 0.1) is 17.5 Å². The zero-order chi connectivity index (χ0) is 17.5. The Kier molecular flexibility index (Phi) is 4.57. The zero-order valence-electron chi connectivity index (χ0n) is 14.1. The van der Waals surface area contributed by atoms with E-state index in [-0.39, 0.29) is 17.6 Å². The van der Waals surface area contributed by atoms with E-state index in [1.807, 2.05) is 13.8 Å². The van der Waals surface area contributed by atoms with Crippen LogP contribution in [0, 0.1) is 12.8 Å². The first kappa shape index (κ1) is 17.2. The molecular weight excluding hydrogens is 328 g/mol. The van der Waals surface area contributed by atoms with E-state index in [0.29, 0.717) is 43.7 Å². The topological polar surface area (TPSA) is 77.9 Å². The van der Waals surface area contributed by atoms with Crippen LogP contribution < -0.4 is 4.31 Å². The maximum absolute atomic E-state index is 12.8. The molecule has 3 rings (SSSR count). The van der Waals surface area contributed by atoms with Gasteiger partial charge in [0.2, 0.25) is 10.0 Å². The van der Waals surface area contributed by atoms with Crippen LogP contribution in [0.4, 0.5) is 5.69 Å². The molecule has 1 amide bonds. The smallest absolute Gasteiger partial charge is 0.254 e. The van der Waals surface area contributed by atoms with Gasteiger partial charge >= 0.3 is 0 Å². The molecule has 0 spiro atoms. The Balaban J connectivity index is 1.83. The number of piperidine rings is 1. The number of hydrogen-bond acceptors (Lipinski definition) is 4. The monoisotopic (exact) mass is 352 g/mol. The first-order chi connectivity index (χ1) is 11.3. The number of carbonyl (C=O) groups is 1. The number of hydrogen-bond donors (Lipinski definition) is 1. The van der Waals surface area contributed by atoms with E-state index in [9.17, 15) is 18.3 Å². The fourth-order valence-electron chi connectivity index (χ4n) is 3.63. The lowest BCUT2D eigenvalue weighted by Gasteiger charge is -2.34. The molecule has 2 unspecified atom stereocenters. The summed E-state index contributed by atoms with van der Waals surface area (Å²) in [6.07, 6.45) is 0.868. The summed E-state index contributed by atoms with van der Waals surface area (Å²) in [6, 6.07) is 5.17. The number of sulfonamides is 1. The number of aryl methyl sites for hydroxylation is 1. The zero-order valence-corrected chi connectivity index (χ0v) is 14.9. The fourth-order valence-corrected chi connectivity index (χ4v) is 5.18. The Hall–Kier alpha value is -1.60. The van der Waals surface area contributed by atoms with Crippen LogP contribution in [0.25, 0.3) is 0 Å². The standard InChI is InChI=1S/C17H24N2O4S/c1-12-8-15(20)11-18(10-12)17(21)16-5-4-14(9-13(16)2)19-6-3-7-24(19,22)23/h4-5,9,12,15,20H,3,6-8,10-11H2,1-2H3. The van der Waals surface area contributed by atoms with Crippen molar-refractivity contribution in [3.05, 3.63) is 29.3 Å². The normalized spacial score (nSPS) is 26.6. The van der Waals surface area contributed by atoms with E-state index in [1.165, 1.54) is 4.31 Å². The summed E-state index contributed by atoms with van der Waals surface area (Å²) in [5, 5.41) is 9.89. The first-order valence-corrected chi connectivity index (χ1v) is 9.97. The van der Waals surface area contributed by atoms with Crippen LogP contribution >= 0.6 is 0 Å². The van der Waals surface area contributed by atoms with Crippen LogP contribution in [0.3, 0.4) is 0 Å². The van der Waals surface area contributed by atoms with E-state index in [1.54, 1.807) is 23.1 Å². The Morgan fingerprint density at radius 2 is 2.04 bits per heavy atom. The molecule has 24 heavy (non-hydrogen) atoms. The third kappa shape index (κ3) is 3.28. The van der Waals surface area contributed by atoms with Crippen LogP contribution in [-0.4, -0.2) is 55.8 Å². The van der Waals surface area contributed by atoms with Crippen molar-refractivity contribution in [3.63, 3.8) is 0 Å². The van der Waals surface area contributed by atoms with Gasteiger partial charge in [-0.1, -0.05) is 6.92 Å². The van der Waals surface area contributed by atoms with E-state index < -0.39 is 16.1 Å². The number of β-amino-alcohol motifs (C(OH)–C–C–N with tert-alkyl or cyclic N) is 1. The minimum atomic E-state index is -3.22. The highest BCUT2D eigenvalue weighted by Gasteiger charge is 2.30. The van der Waals surface area contributed by atoms with E-state index in [4.69, 9.17) is 0 Å². The lowest BCUT2D eigenvalue weighted by Crippen LogP contribution is -2.45. The third-order valence-corrected chi connectivity index (χ3v) is 6.62. The van der Waals surface area contributed by atoms with Gasteiger partial charge < -0.3 is 10.0 Å². The molecule has 0 aromatic heterocycles. The van der Waals surface area contributed by atoms with Crippen LogP contribution in [0.15, 0.2) is 18.2 Å². The molecule has 2 atom stereocenters. The highest BCUT2D eigenvalue weighted by molar-refractivity contribution is 7.93. The van der Waals surface area contributed by atoms with Crippen LogP contribution in [0.5, 0.6) is 0 Å². The van der Waals surface area contributed by atoms with Crippen molar-refractivity contribution in [2.75, 3.05) is 29.7 Å². The lowest BCUT2D eigenvalue weighted by atomic mass is 9.96. The molecule has 1 N–H and O–H groups in total. The van der Waals surface area contributed by atoms with Crippen LogP contribution in [0.2, 0.25) is 0 Å². The molecule has 1 aromatic carbocycles. The SMILES string of the molecule is Cc1cc(N2CCCS2(=O)=O)ccc1C(=O)N1CC(C)CC(O)C1. The molecule has 2 aliphatic rings. The third-order valence-electron chi connectivity index (χ3n) is 4.75. The Morgan fingerprint density at radius 1 is 1.29 bits per heavy atom. The van der Waals surface area contributed by atoms with E-state index >= 15 is 0 Å². The second kappa shape index (κ2) is 6.37. The minimum Gasteiger partial charge on any atom is -0.391 e. The molecule has 2 fully saturated rings. The Labute approximate surface area is 143 Å². The molecule has 7 heteroatoms. The van der Waals surface area contributed by atoms with E-state index in [0.717, 1.165) is 5.56 Å². The Morgan fingerprint density at radius 3 is 2.62 bits per heavy atom. The number of amides is 1. The van der Waals surface area contributed by atoms with Gasteiger partial charge in [-0.15, -0.1) is 0 Å². The van der Waals surface area contributed by atoms with Crippen molar-refractivity contribution >= 4 is 21.6 Å². The second-order valence-electron chi connectivity index (χ2n) is 6.95. The molecule has 6 nitrogen and oxygen atoms in total. The van der Waals surface area contributed by atoms with Crippen molar-refractivity contribution in [2.45, 2.75) is 32.8 Å². The van der Waals surface area contributed by atoms with Gasteiger partial charge in [-0.3, -0.25) is 9.10 Å². The highest BCUT2D eigenvalue weighted by atomic mass is 32.2. The quantitative estimate of drug-likeness (QED) is 0.872. The predicted octanol–water partition coefficient (Wildman–Crippen LogP) is 1.38. The highest BCUT2D eigenvalue weighted by Crippen LogP contribution is 2.27. The summed E-state index contributed by atoms with van der Waals surface area (Å²) in [6.45, 7) is 5.33. The summed E-state index contributed by atoms with van der Waals surface area (Å²) < 4.78 is 25.5. The fraction of sp³-hybridized carbons (Fsp3) is 0.588. The molecule has 2 heterocycles. The van der Waals surface area contributed by atoms with Gasteiger partial charge in [0.15, 0.2) is 0 Å². The van der Waals surface area contributed by atoms with Crippen LogP contribution in [-0.2, 0) is 10.0 Å². The van der Waals surface area contributed by atoms with Crippen molar-refractivity contribution in [1.29, 1.82) is 0 Å². The maximum Gasteiger partial charge on any atom is 0.254 e. The van der Waals surface area contributed by atoms with Gasteiger partial charge in [-0.05, 0) is 49.4 Å². The molecule has 0 aliphatic carbocycles. The molecule has 0 saturated carbocycles. The van der Waals surface area contributed by atoms with Gasteiger partial charge in [0.1, 0.15) is 0 Å². The molecule has 1 aromatic rings. The number of carbonyl (C=O) groups excluding carboxylic acids is 1. The maximum atomic E-state index is 12.8. The number of rotatable bonds is 2. The first-order valence-electron chi connectivity index (χ1n) is 8.36. The summed E-state index contributed by atoms with van der Waals surface area (Å²) in [5.41, 5.74) is 1.94. The second-order valence-corrected chi connectivity index (χ2v) is 8.96. The molecule has 2 aliphatic heterocycles. The molecular formula is C17H24N2O4S. The van der Waals surface area contributed by atoms with Crippen molar-refractivity contribution in [1.82, 2.24) is 4.90 Å². The lowest BCUT2D eigenvalue weighted by molar-refractivity contribution is 0.0338. The number of likely N-dealkylation sites (tertiary alicyclic amines) is 1. The van der Waals surface area contributed by atoms with Gasteiger partial charge in [0, 0.05) is 25.2 Å². The molecule has 0 radical (unpaired) electrons. The average Bonchev–Trinajstić information content (AvgIpc) is 2.85. The molecule has 2 saturated heterocycles. The number of anilines is 1. The van der Waals surface area contributed by atoms with Gasteiger partial charge in [-0.25, -0.2) is 8.42 Å². The summed E-state index contributed by atoms with van der Waals surface area (Å²) in [4.78, 5) is 14.4. The number of benzene rings is 1.